The van der Waals surface area contributed by atoms with Crippen LogP contribution >= 0.6 is 0 Å². The smallest absolute Gasteiger partial charge is 0.250 e. The van der Waals surface area contributed by atoms with E-state index in [4.69, 9.17) is 0 Å². The lowest BCUT2D eigenvalue weighted by Gasteiger charge is -2.43. The Morgan fingerprint density at radius 2 is 1.79 bits per heavy atom. The highest BCUT2D eigenvalue weighted by atomic mass is 16.2. The molecule has 7 heteroatoms. The number of rotatable bonds is 5. The zero-order valence-electron chi connectivity index (χ0n) is 17.3. The minimum Gasteiger partial charge on any atom is -0.352 e. The average Bonchev–Trinajstić information content (AvgIpc) is 3.52. The number of piperidine rings is 1. The van der Waals surface area contributed by atoms with Crippen molar-refractivity contribution in [1.82, 2.24) is 15.1 Å². The maximum absolute atomic E-state index is 13.5. The molecular weight excluding hydrogens is 368 g/mol. The van der Waals surface area contributed by atoms with E-state index in [9.17, 15) is 14.4 Å². The van der Waals surface area contributed by atoms with E-state index in [1.54, 1.807) is 4.90 Å². The molecule has 0 aromatic heterocycles. The second-order valence-corrected chi connectivity index (χ2v) is 8.76. The lowest BCUT2D eigenvalue weighted by atomic mass is 9.85. The van der Waals surface area contributed by atoms with Crippen LogP contribution in [0.4, 0.5) is 5.69 Å². The molecule has 0 atom stereocenters. The summed E-state index contributed by atoms with van der Waals surface area (Å²) in [6.45, 7) is 5.47. The maximum atomic E-state index is 13.5. The fourth-order valence-electron chi connectivity index (χ4n) is 4.55. The van der Waals surface area contributed by atoms with Crippen molar-refractivity contribution < 1.29 is 14.4 Å². The molecule has 2 aliphatic heterocycles. The molecule has 29 heavy (non-hydrogen) atoms. The van der Waals surface area contributed by atoms with E-state index in [2.05, 4.69) is 10.2 Å². The zero-order chi connectivity index (χ0) is 20.6. The summed E-state index contributed by atoms with van der Waals surface area (Å²) in [5.74, 6) is 0.299. The van der Waals surface area contributed by atoms with Gasteiger partial charge in [0.2, 0.25) is 11.8 Å². The summed E-state index contributed by atoms with van der Waals surface area (Å²) >= 11 is 0. The summed E-state index contributed by atoms with van der Waals surface area (Å²) in [4.78, 5) is 44.0. The fraction of sp³-hybridized carbons (Fsp3) is 0.591. The minimum atomic E-state index is -0.681. The van der Waals surface area contributed by atoms with Gasteiger partial charge < -0.3 is 20.0 Å². The number of likely N-dealkylation sites (tertiary alicyclic amines) is 1. The normalized spacial score (nSPS) is 21.2. The minimum absolute atomic E-state index is 0.00113. The van der Waals surface area contributed by atoms with Crippen molar-refractivity contribution in [3.05, 3.63) is 30.3 Å². The van der Waals surface area contributed by atoms with Crippen molar-refractivity contribution in [2.24, 2.45) is 5.92 Å². The Morgan fingerprint density at radius 3 is 2.38 bits per heavy atom. The Balaban J connectivity index is 1.54. The van der Waals surface area contributed by atoms with Gasteiger partial charge in [0.1, 0.15) is 12.1 Å². The summed E-state index contributed by atoms with van der Waals surface area (Å²) in [5.41, 5.74) is 0.300. The molecule has 2 heterocycles. The number of nitrogens with zero attached hydrogens (tertiary/aromatic N) is 3. The summed E-state index contributed by atoms with van der Waals surface area (Å²) in [6, 6.07) is 9.94. The van der Waals surface area contributed by atoms with Gasteiger partial charge in [-0.3, -0.25) is 14.4 Å². The predicted molar refractivity (Wildman–Crippen MR) is 110 cm³/mol. The van der Waals surface area contributed by atoms with Crippen molar-refractivity contribution in [3.8, 4) is 0 Å². The number of amides is 3. The number of carbonyl (C=O) groups excluding carboxylic acids is 3. The Hall–Kier alpha value is -2.57. The molecule has 1 N–H and O–H groups in total. The second kappa shape index (κ2) is 7.69. The summed E-state index contributed by atoms with van der Waals surface area (Å²) < 4.78 is 0. The van der Waals surface area contributed by atoms with Crippen LogP contribution in [0.25, 0.3) is 0 Å². The number of hydrogen-bond donors (Lipinski definition) is 1. The lowest BCUT2D eigenvalue weighted by molar-refractivity contribution is -0.140. The molecule has 0 unspecified atom stereocenters. The van der Waals surface area contributed by atoms with Gasteiger partial charge in [-0.15, -0.1) is 0 Å². The van der Waals surface area contributed by atoms with Crippen LogP contribution in [0.2, 0.25) is 0 Å². The van der Waals surface area contributed by atoms with Crippen LogP contribution in [0.15, 0.2) is 30.3 Å². The number of benzene rings is 1. The number of nitrogens with one attached hydrogen (secondary N) is 1. The van der Waals surface area contributed by atoms with Crippen molar-refractivity contribution in [3.63, 3.8) is 0 Å². The van der Waals surface area contributed by atoms with Gasteiger partial charge in [-0.25, -0.2) is 0 Å². The molecule has 3 amide bonds. The van der Waals surface area contributed by atoms with Gasteiger partial charge in [-0.2, -0.15) is 0 Å². The van der Waals surface area contributed by atoms with Gasteiger partial charge in [0.25, 0.3) is 5.91 Å². The van der Waals surface area contributed by atoms with Crippen LogP contribution in [0.1, 0.15) is 39.5 Å². The van der Waals surface area contributed by atoms with Gasteiger partial charge in [0.05, 0.1) is 6.67 Å². The molecule has 1 aliphatic carbocycles. The number of anilines is 1. The first-order valence-corrected chi connectivity index (χ1v) is 10.6. The third kappa shape index (κ3) is 3.82. The van der Waals surface area contributed by atoms with Crippen LogP contribution in [-0.4, -0.2) is 65.4 Å². The van der Waals surface area contributed by atoms with Crippen molar-refractivity contribution in [2.75, 3.05) is 31.2 Å². The molecule has 3 fully saturated rings. The molecule has 1 aromatic rings. The molecule has 4 rings (SSSR count). The second-order valence-electron chi connectivity index (χ2n) is 8.76. The van der Waals surface area contributed by atoms with Crippen LogP contribution < -0.4 is 10.2 Å². The molecule has 156 valence electrons. The maximum Gasteiger partial charge on any atom is 0.250 e. The first-order valence-electron chi connectivity index (χ1n) is 10.6. The summed E-state index contributed by atoms with van der Waals surface area (Å²) in [6.07, 6.45) is 3.19. The highest BCUT2D eigenvalue weighted by molar-refractivity contribution is 5.96. The predicted octanol–water partition coefficient (Wildman–Crippen LogP) is 1.59. The van der Waals surface area contributed by atoms with Crippen molar-refractivity contribution in [2.45, 2.75) is 51.1 Å². The first-order chi connectivity index (χ1) is 13.9. The monoisotopic (exact) mass is 398 g/mol. The highest BCUT2D eigenvalue weighted by Crippen LogP contribution is 2.40. The van der Waals surface area contributed by atoms with Crippen LogP contribution in [0.3, 0.4) is 0 Å². The van der Waals surface area contributed by atoms with E-state index < -0.39 is 5.54 Å². The van der Waals surface area contributed by atoms with E-state index in [0.29, 0.717) is 32.6 Å². The number of carbonyl (C=O) groups is 3. The Kier molecular flexibility index (Phi) is 5.23. The Bertz CT molecular complexity index is 783. The molecule has 2 saturated heterocycles. The number of hydrogen-bond acceptors (Lipinski definition) is 4. The van der Waals surface area contributed by atoms with Gasteiger partial charge in [0, 0.05) is 30.7 Å². The molecule has 3 aliphatic rings. The van der Waals surface area contributed by atoms with E-state index in [1.165, 1.54) is 0 Å². The van der Waals surface area contributed by atoms with E-state index in [1.807, 2.05) is 49.1 Å². The highest BCUT2D eigenvalue weighted by Gasteiger charge is 2.54. The molecule has 1 saturated carbocycles. The van der Waals surface area contributed by atoms with Gasteiger partial charge in [-0.05, 0) is 51.7 Å². The van der Waals surface area contributed by atoms with E-state index >= 15 is 0 Å². The topological polar surface area (TPSA) is 73.0 Å². The summed E-state index contributed by atoms with van der Waals surface area (Å²) in [7, 11) is 0. The Labute approximate surface area is 172 Å². The van der Waals surface area contributed by atoms with E-state index in [-0.39, 0.29) is 36.2 Å². The number of para-hydroxylation sites is 1. The van der Waals surface area contributed by atoms with Crippen molar-refractivity contribution >= 4 is 23.4 Å². The summed E-state index contributed by atoms with van der Waals surface area (Å²) in [5, 5.41) is 2.87. The van der Waals surface area contributed by atoms with Crippen LogP contribution in [-0.2, 0) is 14.4 Å². The SMILES string of the molecule is CC(C)NC(=O)CN1CN(c2ccccc2)C2(CCN(C(=O)C3CC3)CC2)C1=O. The molecule has 7 nitrogen and oxygen atoms in total. The van der Waals surface area contributed by atoms with E-state index in [0.717, 1.165) is 18.5 Å². The van der Waals surface area contributed by atoms with Gasteiger partial charge >= 0.3 is 0 Å². The largest absolute Gasteiger partial charge is 0.352 e. The van der Waals surface area contributed by atoms with Gasteiger partial charge in [-0.1, -0.05) is 18.2 Å². The Morgan fingerprint density at radius 1 is 1.14 bits per heavy atom. The molecular formula is C22H30N4O3. The van der Waals surface area contributed by atoms with Gasteiger partial charge in [0.15, 0.2) is 0 Å². The van der Waals surface area contributed by atoms with Crippen LogP contribution in [0.5, 0.6) is 0 Å². The lowest BCUT2D eigenvalue weighted by Crippen LogP contribution is -2.57. The van der Waals surface area contributed by atoms with Crippen LogP contribution in [0, 0.1) is 5.92 Å². The zero-order valence-corrected chi connectivity index (χ0v) is 17.3. The molecule has 1 spiro atoms. The third-order valence-electron chi connectivity index (χ3n) is 6.19. The molecule has 1 aromatic carbocycles. The quantitative estimate of drug-likeness (QED) is 0.818. The first kappa shape index (κ1) is 19.7. The molecule has 0 radical (unpaired) electrons. The standard InChI is InChI=1S/C22H30N4O3/c1-16(2)23-19(27)14-25-15-26(18-6-4-3-5-7-18)22(21(25)29)10-12-24(13-11-22)20(28)17-8-9-17/h3-7,16-17H,8-15H2,1-2H3,(H,23,27). The van der Waals surface area contributed by atoms with Crippen molar-refractivity contribution in [1.29, 1.82) is 0 Å². The molecule has 0 bridgehead atoms. The third-order valence-corrected chi connectivity index (χ3v) is 6.19. The average molecular weight is 399 g/mol. The fourth-order valence-corrected chi connectivity index (χ4v) is 4.55.